The smallest absolute Gasteiger partial charge is 0.303 e. The van der Waals surface area contributed by atoms with Crippen LogP contribution in [0.4, 0.5) is 0 Å². The minimum Gasteiger partial charge on any atom is -0.481 e. The summed E-state index contributed by atoms with van der Waals surface area (Å²) >= 11 is 0. The minimum absolute atomic E-state index is 0.00679. The molecule has 0 spiro atoms. The number of carboxylic acid groups (broad SMARTS) is 1. The highest BCUT2D eigenvalue weighted by Crippen LogP contribution is 2.42. The van der Waals surface area contributed by atoms with Gasteiger partial charge in [-0.25, -0.2) is 0 Å². The molecule has 4 rings (SSSR count). The molecule has 0 aliphatic carbocycles. The third kappa shape index (κ3) is 8.36. The number of hydrogen-bond donors (Lipinski definition) is 3. The van der Waals surface area contributed by atoms with E-state index in [1.807, 2.05) is 72.8 Å². The van der Waals surface area contributed by atoms with Gasteiger partial charge in [-0.1, -0.05) is 73.7 Å². The molecule has 3 N–H and O–H groups in total. The summed E-state index contributed by atoms with van der Waals surface area (Å²) < 4.78 is 13.2. The van der Waals surface area contributed by atoms with Gasteiger partial charge in [0, 0.05) is 37.5 Å². The number of rotatable bonds is 13. The van der Waals surface area contributed by atoms with Gasteiger partial charge in [-0.15, -0.1) is 6.58 Å². The number of aliphatic carboxylic acids is 1. The molecular weight excluding hydrogens is 532 g/mol. The highest BCUT2D eigenvalue weighted by Gasteiger charge is 2.38. The molecule has 0 radical (unpaired) electrons. The van der Waals surface area contributed by atoms with Crippen molar-refractivity contribution in [2.45, 2.75) is 51.4 Å². The minimum atomic E-state index is -0.992. The standard InChI is InChI=1S/C34H40N2O6/c1-4-17-36(3)21-30-23(2)33(26-13-11-24(22-37)12-14-26)42-34(41-30)29-10-6-9-28(19-29)27-8-5-7-25(18-27)20-35-31(38)15-16-32(39)40/h4-14,18-19,23,30,33-34,37H,1,15-17,20-22H2,2-3H3,(H,35,38)(H,39,40)/t23-,30+,33+,34+/m1/s1. The molecule has 3 aromatic carbocycles. The fraction of sp³-hybridized carbons (Fsp3) is 0.353. The van der Waals surface area contributed by atoms with Gasteiger partial charge in [0.2, 0.25) is 5.91 Å². The number of carbonyl (C=O) groups excluding carboxylic acids is 1. The number of hydrogen-bond acceptors (Lipinski definition) is 6. The summed E-state index contributed by atoms with van der Waals surface area (Å²) in [5.74, 6) is -1.20. The zero-order chi connectivity index (χ0) is 30.1. The van der Waals surface area contributed by atoms with Crippen LogP contribution in [-0.4, -0.2) is 53.2 Å². The molecule has 4 atom stereocenters. The highest BCUT2D eigenvalue weighted by molar-refractivity contribution is 5.80. The number of nitrogens with zero attached hydrogens (tertiary/aromatic N) is 1. The Morgan fingerprint density at radius 2 is 1.67 bits per heavy atom. The lowest BCUT2D eigenvalue weighted by atomic mass is 9.90. The van der Waals surface area contributed by atoms with Crippen LogP contribution < -0.4 is 5.32 Å². The summed E-state index contributed by atoms with van der Waals surface area (Å²) in [7, 11) is 2.05. The molecule has 0 saturated carbocycles. The second kappa shape index (κ2) is 14.9. The molecule has 1 aliphatic rings. The molecule has 0 unspecified atom stereocenters. The first-order chi connectivity index (χ1) is 20.3. The average molecular weight is 573 g/mol. The van der Waals surface area contributed by atoms with Gasteiger partial charge in [-0.2, -0.15) is 0 Å². The normalized spacial score (nSPS) is 20.3. The SMILES string of the molecule is C=CCN(C)C[C@@H]1O[C@H](c2cccc(-c3cccc(CNC(=O)CCC(=O)O)c3)c2)O[C@H](c2ccc(CO)cc2)[C@@H]1C. The van der Waals surface area contributed by atoms with E-state index in [1.165, 1.54) is 0 Å². The molecule has 1 aliphatic heterocycles. The lowest BCUT2D eigenvalue weighted by Crippen LogP contribution is -2.43. The summed E-state index contributed by atoms with van der Waals surface area (Å²) in [6.07, 6.45) is 0.772. The number of ether oxygens (including phenoxy) is 2. The quantitative estimate of drug-likeness (QED) is 0.241. The lowest BCUT2D eigenvalue weighted by Gasteiger charge is -2.42. The van der Waals surface area contributed by atoms with Crippen molar-refractivity contribution >= 4 is 11.9 Å². The fourth-order valence-corrected chi connectivity index (χ4v) is 5.17. The Bertz CT molecular complexity index is 1360. The van der Waals surface area contributed by atoms with E-state index < -0.39 is 12.3 Å². The predicted octanol–water partition coefficient (Wildman–Crippen LogP) is 5.24. The Labute approximate surface area is 247 Å². The van der Waals surface area contributed by atoms with Crippen molar-refractivity contribution < 1.29 is 29.3 Å². The Kier molecular flexibility index (Phi) is 11.0. The van der Waals surface area contributed by atoms with Crippen molar-refractivity contribution in [2.75, 3.05) is 20.1 Å². The van der Waals surface area contributed by atoms with Gasteiger partial charge in [0.05, 0.1) is 25.2 Å². The van der Waals surface area contributed by atoms with Gasteiger partial charge in [0.25, 0.3) is 0 Å². The lowest BCUT2D eigenvalue weighted by molar-refractivity contribution is -0.275. The monoisotopic (exact) mass is 572 g/mol. The van der Waals surface area contributed by atoms with Crippen molar-refractivity contribution in [2.24, 2.45) is 5.92 Å². The van der Waals surface area contributed by atoms with E-state index in [0.29, 0.717) is 6.54 Å². The maximum atomic E-state index is 12.0. The van der Waals surface area contributed by atoms with E-state index in [0.717, 1.165) is 46.5 Å². The number of amides is 1. The zero-order valence-electron chi connectivity index (χ0n) is 24.2. The maximum Gasteiger partial charge on any atom is 0.303 e. The Morgan fingerprint density at radius 1 is 0.952 bits per heavy atom. The molecule has 1 saturated heterocycles. The third-order valence-electron chi connectivity index (χ3n) is 7.53. The van der Waals surface area contributed by atoms with Crippen molar-refractivity contribution in [3.8, 4) is 11.1 Å². The summed E-state index contributed by atoms with van der Waals surface area (Å²) in [6, 6.07) is 23.9. The molecule has 0 bridgehead atoms. The number of carbonyl (C=O) groups is 2. The number of aliphatic hydroxyl groups excluding tert-OH is 1. The number of nitrogens with one attached hydrogen (secondary N) is 1. The van der Waals surface area contributed by atoms with Crippen LogP contribution >= 0.6 is 0 Å². The second-order valence-electron chi connectivity index (χ2n) is 10.8. The van der Waals surface area contributed by atoms with E-state index in [-0.39, 0.29) is 43.5 Å². The summed E-state index contributed by atoms with van der Waals surface area (Å²) in [4.78, 5) is 24.9. The molecule has 42 heavy (non-hydrogen) atoms. The molecule has 8 nitrogen and oxygen atoms in total. The first-order valence-corrected chi connectivity index (χ1v) is 14.2. The number of likely N-dealkylation sites (N-methyl/N-ethyl adjacent to an activating group) is 1. The van der Waals surface area contributed by atoms with Gasteiger partial charge < -0.3 is 29.9 Å². The number of benzene rings is 3. The van der Waals surface area contributed by atoms with Crippen molar-refractivity contribution in [3.63, 3.8) is 0 Å². The molecule has 3 aromatic rings. The van der Waals surface area contributed by atoms with E-state index in [1.54, 1.807) is 0 Å². The van der Waals surface area contributed by atoms with Crippen LogP contribution in [0.25, 0.3) is 11.1 Å². The van der Waals surface area contributed by atoms with Crippen LogP contribution in [0.5, 0.6) is 0 Å². The van der Waals surface area contributed by atoms with Crippen LogP contribution in [0.3, 0.4) is 0 Å². The van der Waals surface area contributed by atoms with Crippen LogP contribution in [0, 0.1) is 5.92 Å². The largest absolute Gasteiger partial charge is 0.481 e. The van der Waals surface area contributed by atoms with E-state index in [9.17, 15) is 14.7 Å². The predicted molar refractivity (Wildman–Crippen MR) is 161 cm³/mol. The van der Waals surface area contributed by atoms with E-state index in [2.05, 4.69) is 36.8 Å². The van der Waals surface area contributed by atoms with Crippen LogP contribution in [-0.2, 0) is 32.2 Å². The first-order valence-electron chi connectivity index (χ1n) is 14.2. The van der Waals surface area contributed by atoms with Crippen LogP contribution in [0.1, 0.15) is 54.4 Å². The average Bonchev–Trinajstić information content (AvgIpc) is 3.00. The summed E-state index contributed by atoms with van der Waals surface area (Å²) in [5, 5.41) is 21.1. The van der Waals surface area contributed by atoms with E-state index >= 15 is 0 Å². The summed E-state index contributed by atoms with van der Waals surface area (Å²) in [6.45, 7) is 7.79. The Hall–Kier alpha value is -3.82. The van der Waals surface area contributed by atoms with Gasteiger partial charge in [0.1, 0.15) is 0 Å². The molecule has 1 heterocycles. The van der Waals surface area contributed by atoms with Crippen LogP contribution in [0.15, 0.2) is 85.5 Å². The molecule has 1 amide bonds. The molecule has 222 valence electrons. The van der Waals surface area contributed by atoms with Gasteiger partial charge in [-0.05, 0) is 47.0 Å². The van der Waals surface area contributed by atoms with Crippen molar-refractivity contribution in [1.29, 1.82) is 0 Å². The van der Waals surface area contributed by atoms with Gasteiger partial charge in [0.15, 0.2) is 6.29 Å². The van der Waals surface area contributed by atoms with Gasteiger partial charge >= 0.3 is 5.97 Å². The second-order valence-corrected chi connectivity index (χ2v) is 10.8. The van der Waals surface area contributed by atoms with Crippen LogP contribution in [0.2, 0.25) is 0 Å². The summed E-state index contributed by atoms with van der Waals surface area (Å²) in [5.41, 5.74) is 5.68. The maximum absolute atomic E-state index is 12.0. The molecular formula is C34H40N2O6. The third-order valence-corrected chi connectivity index (χ3v) is 7.53. The van der Waals surface area contributed by atoms with Crippen molar-refractivity contribution in [1.82, 2.24) is 10.2 Å². The van der Waals surface area contributed by atoms with E-state index in [4.69, 9.17) is 14.6 Å². The Morgan fingerprint density at radius 3 is 2.36 bits per heavy atom. The molecule has 1 fully saturated rings. The van der Waals surface area contributed by atoms with Crippen molar-refractivity contribution in [3.05, 3.63) is 108 Å². The first kappa shape index (κ1) is 31.1. The zero-order valence-corrected chi connectivity index (χ0v) is 24.2. The molecule has 8 heteroatoms. The number of aliphatic hydroxyl groups is 1. The topological polar surface area (TPSA) is 108 Å². The van der Waals surface area contributed by atoms with Gasteiger partial charge in [-0.3, -0.25) is 9.59 Å². The fourth-order valence-electron chi connectivity index (χ4n) is 5.17. The molecule has 0 aromatic heterocycles. The highest BCUT2D eigenvalue weighted by atomic mass is 16.7. The Balaban J connectivity index is 1.55. The number of carboxylic acids is 1.